The predicted molar refractivity (Wildman–Crippen MR) is 82.3 cm³/mol. The molecule has 1 aliphatic rings. The smallest absolute Gasteiger partial charge is 0.411 e. The molecule has 24 heavy (non-hydrogen) atoms. The van der Waals surface area contributed by atoms with Crippen LogP contribution in [0.4, 0.5) is 13.2 Å². The minimum atomic E-state index is -4.71. The van der Waals surface area contributed by atoms with Gasteiger partial charge in [0, 0.05) is 19.1 Å². The van der Waals surface area contributed by atoms with Gasteiger partial charge in [-0.15, -0.1) is 13.2 Å². The van der Waals surface area contributed by atoms with E-state index < -0.39 is 12.0 Å². The van der Waals surface area contributed by atoms with Crippen LogP contribution in [0.25, 0.3) is 0 Å². The molecule has 1 aromatic rings. The Labute approximate surface area is 136 Å². The van der Waals surface area contributed by atoms with Crippen LogP contribution in [0.1, 0.15) is 12.0 Å². The third-order valence-electron chi connectivity index (χ3n) is 3.12. The van der Waals surface area contributed by atoms with E-state index in [-0.39, 0.29) is 5.75 Å². The summed E-state index contributed by atoms with van der Waals surface area (Å²) in [6.45, 7) is 0. The first kappa shape index (κ1) is 17.6. The summed E-state index contributed by atoms with van der Waals surface area (Å²) >= 11 is 0. The van der Waals surface area contributed by atoms with Gasteiger partial charge in [0.25, 0.3) is 0 Å². The molecular weight excluding hydrogens is 325 g/mol. The molecule has 0 bridgehead atoms. The Morgan fingerprint density at radius 1 is 1.21 bits per heavy atom. The highest BCUT2D eigenvalue weighted by molar-refractivity contribution is 5.72. The lowest BCUT2D eigenvalue weighted by Gasteiger charge is -2.23. The lowest BCUT2D eigenvalue weighted by atomic mass is 9.97. The molecule has 0 heterocycles. The second-order valence-electron chi connectivity index (χ2n) is 4.97. The number of nitrogens with zero attached hydrogens (tertiary/aromatic N) is 2. The van der Waals surface area contributed by atoms with Crippen LogP contribution in [-0.2, 0) is 11.3 Å². The fourth-order valence-corrected chi connectivity index (χ4v) is 2.01. The van der Waals surface area contributed by atoms with Crippen molar-refractivity contribution in [2.24, 2.45) is 10.3 Å². The number of hydrogen-bond donors (Lipinski definition) is 1. The molecular formula is C16H15F3N2O3. The Morgan fingerprint density at radius 3 is 2.54 bits per heavy atom. The van der Waals surface area contributed by atoms with Crippen LogP contribution >= 0.6 is 0 Å². The zero-order chi connectivity index (χ0) is 17.5. The van der Waals surface area contributed by atoms with Gasteiger partial charge in [0.2, 0.25) is 0 Å². The number of benzene rings is 1. The second kappa shape index (κ2) is 7.67. The first-order chi connectivity index (χ1) is 11.4. The highest BCUT2D eigenvalue weighted by Crippen LogP contribution is 2.23. The first-order valence-electron chi connectivity index (χ1n) is 7.00. The van der Waals surface area contributed by atoms with Crippen LogP contribution in [0.5, 0.6) is 5.75 Å². The van der Waals surface area contributed by atoms with Crippen molar-refractivity contribution in [3.8, 4) is 5.75 Å². The maximum absolute atomic E-state index is 12.1. The van der Waals surface area contributed by atoms with Crippen molar-refractivity contribution in [2.75, 3.05) is 0 Å². The van der Waals surface area contributed by atoms with Crippen LogP contribution in [0.15, 0.2) is 58.9 Å². The summed E-state index contributed by atoms with van der Waals surface area (Å²) in [5.41, 5.74) is -0.203. The molecule has 8 heteroatoms. The molecule has 1 N–H and O–H groups in total. The molecule has 0 saturated heterocycles. The topological polar surface area (TPSA) is 63.4 Å². The van der Waals surface area contributed by atoms with Crippen LogP contribution in [0.3, 0.4) is 0 Å². The third kappa shape index (κ3) is 5.45. The van der Waals surface area contributed by atoms with Gasteiger partial charge in [-0.05, 0) is 23.8 Å². The van der Waals surface area contributed by atoms with Crippen molar-refractivity contribution >= 4 is 12.4 Å². The number of halogens is 3. The van der Waals surface area contributed by atoms with Crippen molar-refractivity contribution in [1.29, 1.82) is 0 Å². The van der Waals surface area contributed by atoms with Gasteiger partial charge in [-0.1, -0.05) is 40.7 Å². The first-order valence-corrected chi connectivity index (χ1v) is 7.00. The second-order valence-corrected chi connectivity index (χ2v) is 4.97. The average molecular weight is 340 g/mol. The van der Waals surface area contributed by atoms with E-state index in [0.29, 0.717) is 12.8 Å². The van der Waals surface area contributed by atoms with Gasteiger partial charge < -0.3 is 14.8 Å². The molecule has 0 radical (unpaired) electrons. The maximum Gasteiger partial charge on any atom is 0.573 e. The molecule has 0 aliphatic heterocycles. The van der Waals surface area contributed by atoms with Crippen molar-refractivity contribution in [1.82, 2.24) is 0 Å². The number of allylic oxidation sites excluding steroid dienone is 2. The van der Waals surface area contributed by atoms with Gasteiger partial charge >= 0.3 is 6.36 Å². The minimum Gasteiger partial charge on any atom is -0.411 e. The molecule has 1 aromatic carbocycles. The Bertz CT molecular complexity index is 652. The lowest BCUT2D eigenvalue weighted by Crippen LogP contribution is -2.30. The Kier molecular flexibility index (Phi) is 5.62. The maximum atomic E-state index is 12.1. The van der Waals surface area contributed by atoms with Crippen LogP contribution in [0.2, 0.25) is 0 Å². The molecule has 1 unspecified atom stereocenters. The van der Waals surface area contributed by atoms with E-state index in [2.05, 4.69) is 15.0 Å². The summed E-state index contributed by atoms with van der Waals surface area (Å²) in [7, 11) is 0. The Morgan fingerprint density at radius 2 is 1.96 bits per heavy atom. The third-order valence-corrected chi connectivity index (χ3v) is 3.12. The van der Waals surface area contributed by atoms with Gasteiger partial charge in [0.1, 0.15) is 5.75 Å². The molecule has 128 valence electrons. The number of ether oxygens (including phenoxy) is 1. The minimum absolute atomic E-state index is 0.281. The zero-order valence-electron chi connectivity index (χ0n) is 12.5. The molecule has 1 aliphatic carbocycles. The molecule has 1 atom stereocenters. The summed E-state index contributed by atoms with van der Waals surface area (Å²) in [6.07, 6.45) is 5.95. The normalized spacial score (nSPS) is 20.8. The summed E-state index contributed by atoms with van der Waals surface area (Å²) in [6, 6.07) is 5.46. The highest BCUT2D eigenvalue weighted by Gasteiger charge is 2.31. The largest absolute Gasteiger partial charge is 0.573 e. The monoisotopic (exact) mass is 340 g/mol. The lowest BCUT2D eigenvalue weighted by molar-refractivity contribution is -0.274. The summed E-state index contributed by atoms with van der Waals surface area (Å²) < 4.78 is 40.0. The van der Waals surface area contributed by atoms with E-state index in [1.165, 1.54) is 36.7 Å². The van der Waals surface area contributed by atoms with Gasteiger partial charge in [-0.2, -0.15) is 0 Å². The summed E-state index contributed by atoms with van der Waals surface area (Å²) in [4.78, 5) is 5.37. The van der Waals surface area contributed by atoms with E-state index in [4.69, 9.17) is 10.0 Å². The van der Waals surface area contributed by atoms with E-state index >= 15 is 0 Å². The molecule has 0 aromatic heterocycles. The SMILES string of the molecule is ON=CC1(ON=CCc2ccc(OC(F)(F)F)cc2)C=CC=CC1. The van der Waals surface area contributed by atoms with Gasteiger partial charge in [0.15, 0.2) is 5.60 Å². The number of hydrogen-bond acceptors (Lipinski definition) is 5. The fraction of sp³-hybridized carbons (Fsp3) is 0.250. The highest BCUT2D eigenvalue weighted by atomic mass is 19.4. The average Bonchev–Trinajstić information content (AvgIpc) is 2.53. The van der Waals surface area contributed by atoms with Gasteiger partial charge in [-0.3, -0.25) is 0 Å². The summed E-state index contributed by atoms with van der Waals surface area (Å²) in [5.74, 6) is -0.281. The van der Waals surface area contributed by atoms with E-state index in [1.54, 1.807) is 12.2 Å². The standard InChI is InChI=1S/C16H15F3N2O3/c17-16(18,19)23-14-6-4-13(5-7-14)8-11-21-24-15(12-20-22)9-2-1-3-10-15/h1-7,9,11-12,22H,8,10H2. The van der Waals surface area contributed by atoms with Crippen LogP contribution in [-0.4, -0.2) is 29.6 Å². The molecule has 0 saturated carbocycles. The van der Waals surface area contributed by atoms with Gasteiger partial charge in [0.05, 0.1) is 6.21 Å². The number of rotatable bonds is 6. The van der Waals surface area contributed by atoms with E-state index in [0.717, 1.165) is 5.56 Å². The Balaban J connectivity index is 1.89. The Hall–Kier alpha value is -2.77. The molecule has 0 amide bonds. The predicted octanol–water partition coefficient (Wildman–Crippen LogP) is 3.85. The van der Waals surface area contributed by atoms with Crippen LogP contribution < -0.4 is 4.74 Å². The van der Waals surface area contributed by atoms with E-state index in [9.17, 15) is 13.2 Å². The van der Waals surface area contributed by atoms with Crippen molar-refractivity contribution in [3.05, 3.63) is 54.1 Å². The van der Waals surface area contributed by atoms with E-state index in [1.807, 2.05) is 12.2 Å². The number of alkyl halides is 3. The van der Waals surface area contributed by atoms with Crippen molar-refractivity contribution in [3.63, 3.8) is 0 Å². The molecule has 0 fully saturated rings. The molecule has 2 rings (SSSR count). The number of oxime groups is 2. The van der Waals surface area contributed by atoms with Gasteiger partial charge in [-0.25, -0.2) is 0 Å². The fourth-order valence-electron chi connectivity index (χ4n) is 2.01. The molecule has 5 nitrogen and oxygen atoms in total. The molecule has 0 spiro atoms. The summed E-state index contributed by atoms with van der Waals surface area (Å²) in [5, 5.41) is 15.5. The quantitative estimate of drug-likeness (QED) is 0.486. The zero-order valence-corrected chi connectivity index (χ0v) is 12.5. The van der Waals surface area contributed by atoms with Crippen LogP contribution in [0, 0.1) is 0 Å². The van der Waals surface area contributed by atoms with Crippen molar-refractivity contribution in [2.45, 2.75) is 24.8 Å². The van der Waals surface area contributed by atoms with Crippen molar-refractivity contribution < 1.29 is 28.0 Å².